The Bertz CT molecular complexity index is 1600. The van der Waals surface area contributed by atoms with Gasteiger partial charge in [0.05, 0.1) is 17.1 Å². The van der Waals surface area contributed by atoms with Gasteiger partial charge in [-0.1, -0.05) is 17.7 Å². The van der Waals surface area contributed by atoms with Crippen molar-refractivity contribution in [2.75, 3.05) is 19.6 Å². The van der Waals surface area contributed by atoms with Crippen molar-refractivity contribution in [3.63, 3.8) is 0 Å². The fraction of sp³-hybridized carbons (Fsp3) is 0.559. The molecule has 2 aromatic carbocycles. The largest absolute Gasteiger partial charge is 0.504 e. The average molecular weight is 687 g/mol. The number of ether oxygens (including phenoxy) is 2. The molecule has 258 valence electrons. The maximum atomic E-state index is 13.7. The minimum absolute atomic E-state index is 0.0298. The fourth-order valence-corrected chi connectivity index (χ4v) is 8.96. The first-order chi connectivity index (χ1) is 22.9. The van der Waals surface area contributed by atoms with Crippen LogP contribution >= 0.6 is 11.6 Å². The number of carboxylic acid groups (broad SMARTS) is 2. The third kappa shape index (κ3) is 5.18. The monoisotopic (exact) mass is 686 g/mol. The standard InChI is InChI=1S/C30H33ClN2O5.C4H6O6/c31-19-4-6-20(7-5-19)37-23-10-13-33(28(23)35)21-9-11-30(36)24-15-18-3-8-22(34)26-25(18)29(30,27(21)38-26)12-14-32(24)16-17-1-2-17;5-1(3(7)8)2(6)4(9)10/h3-8,17,21,23-24,27,34,36H,1-2,9-16H2;1-2,5-6H,(H,7,8)(H,9,10)/t21-,23?,24-,27+,29+,30?;/m1./s1. The summed E-state index contributed by atoms with van der Waals surface area (Å²) in [5.74, 6) is -1.55. The lowest BCUT2D eigenvalue weighted by atomic mass is 9.48. The average Bonchev–Trinajstić information content (AvgIpc) is 3.70. The van der Waals surface area contributed by atoms with Crippen molar-refractivity contribution in [3.8, 4) is 17.2 Å². The Hall–Kier alpha value is -3.62. The summed E-state index contributed by atoms with van der Waals surface area (Å²) in [6.07, 6.45) is 0.507. The Balaban J connectivity index is 0.000000320. The van der Waals surface area contributed by atoms with Crippen LogP contribution in [0.3, 0.4) is 0 Å². The number of carbonyl (C=O) groups is 3. The van der Waals surface area contributed by atoms with Gasteiger partial charge in [0.25, 0.3) is 5.91 Å². The molecule has 13 nitrogen and oxygen atoms in total. The summed E-state index contributed by atoms with van der Waals surface area (Å²) in [6.45, 7) is 2.54. The second kappa shape index (κ2) is 12.1. The van der Waals surface area contributed by atoms with Gasteiger partial charge in [0.1, 0.15) is 11.9 Å². The topological polar surface area (TPSA) is 198 Å². The highest BCUT2D eigenvalue weighted by atomic mass is 35.5. The Labute approximate surface area is 281 Å². The maximum Gasteiger partial charge on any atom is 0.335 e. The second-order valence-electron chi connectivity index (χ2n) is 13.8. The van der Waals surface area contributed by atoms with E-state index in [1.807, 2.05) is 11.0 Å². The number of halogens is 1. The third-order valence-electron chi connectivity index (χ3n) is 11.2. The molecule has 14 heteroatoms. The summed E-state index contributed by atoms with van der Waals surface area (Å²) in [5, 5.41) is 56.7. The lowest BCUT2D eigenvalue weighted by Gasteiger charge is -2.64. The summed E-state index contributed by atoms with van der Waals surface area (Å²) in [7, 11) is 0. The lowest BCUT2D eigenvalue weighted by Crippen LogP contribution is -2.78. The molecule has 4 unspecified atom stereocenters. The van der Waals surface area contributed by atoms with Crippen molar-refractivity contribution in [3.05, 3.63) is 52.5 Å². The number of hydrogen-bond acceptors (Lipinski definition) is 10. The molecule has 2 aromatic rings. The number of aliphatic hydroxyl groups is 3. The molecule has 6 aliphatic rings. The quantitative estimate of drug-likeness (QED) is 0.235. The number of nitrogens with zero attached hydrogens (tertiary/aromatic N) is 2. The van der Waals surface area contributed by atoms with E-state index in [-0.39, 0.29) is 23.7 Å². The molecule has 2 saturated carbocycles. The molecule has 1 spiro atoms. The van der Waals surface area contributed by atoms with Crippen LogP contribution in [0.5, 0.6) is 17.2 Å². The molecule has 0 aromatic heterocycles. The normalized spacial score (nSPS) is 32.8. The zero-order chi connectivity index (χ0) is 34.1. The number of aromatic hydroxyl groups is 1. The Morgan fingerprint density at radius 2 is 1.67 bits per heavy atom. The van der Waals surface area contributed by atoms with Crippen molar-refractivity contribution in [1.29, 1.82) is 0 Å². The predicted octanol–water partition coefficient (Wildman–Crippen LogP) is 1.54. The maximum absolute atomic E-state index is 13.7. The molecule has 1 amide bonds. The van der Waals surface area contributed by atoms with Crippen LogP contribution in [0.2, 0.25) is 5.02 Å². The summed E-state index contributed by atoms with van der Waals surface area (Å²) in [4.78, 5) is 37.7. The van der Waals surface area contributed by atoms with E-state index in [1.54, 1.807) is 30.3 Å². The zero-order valence-corrected chi connectivity index (χ0v) is 26.8. The molecule has 3 aliphatic heterocycles. The van der Waals surface area contributed by atoms with Gasteiger partial charge in [0.15, 0.2) is 29.8 Å². The van der Waals surface area contributed by atoms with Gasteiger partial charge in [-0.3, -0.25) is 9.69 Å². The van der Waals surface area contributed by atoms with Crippen LogP contribution in [0, 0.1) is 5.92 Å². The van der Waals surface area contributed by atoms with Crippen LogP contribution in [0.4, 0.5) is 0 Å². The van der Waals surface area contributed by atoms with Gasteiger partial charge >= 0.3 is 11.9 Å². The van der Waals surface area contributed by atoms with E-state index >= 15 is 0 Å². The minimum atomic E-state index is -2.27. The highest BCUT2D eigenvalue weighted by molar-refractivity contribution is 6.30. The second-order valence-corrected chi connectivity index (χ2v) is 14.3. The Morgan fingerprint density at radius 1 is 0.979 bits per heavy atom. The predicted molar refractivity (Wildman–Crippen MR) is 168 cm³/mol. The minimum Gasteiger partial charge on any atom is -0.504 e. The molecule has 0 radical (unpaired) electrons. The van der Waals surface area contributed by atoms with E-state index in [2.05, 4.69) is 4.90 Å². The summed E-state index contributed by atoms with van der Waals surface area (Å²) in [5.41, 5.74) is 0.595. The number of piperidine rings is 1. The van der Waals surface area contributed by atoms with E-state index in [0.717, 1.165) is 37.4 Å². The number of rotatable bonds is 8. The molecule has 3 aliphatic carbocycles. The number of benzene rings is 2. The molecule has 2 bridgehead atoms. The zero-order valence-electron chi connectivity index (χ0n) is 26.1. The summed E-state index contributed by atoms with van der Waals surface area (Å²) < 4.78 is 12.7. The molecule has 8 atom stereocenters. The van der Waals surface area contributed by atoms with E-state index in [1.165, 1.54) is 18.4 Å². The first-order valence-electron chi connectivity index (χ1n) is 16.4. The number of hydrogen-bond donors (Lipinski definition) is 6. The number of amides is 1. The van der Waals surface area contributed by atoms with Gasteiger partial charge in [-0.05, 0) is 86.9 Å². The third-order valence-corrected chi connectivity index (χ3v) is 11.5. The smallest absolute Gasteiger partial charge is 0.335 e. The highest BCUT2D eigenvalue weighted by Crippen LogP contribution is 2.66. The summed E-state index contributed by atoms with van der Waals surface area (Å²) in [6, 6.07) is 10.7. The van der Waals surface area contributed by atoms with Crippen LogP contribution in [0.25, 0.3) is 0 Å². The molecule has 3 heterocycles. The molecule has 2 saturated heterocycles. The van der Waals surface area contributed by atoms with Gasteiger partial charge in [-0.25, -0.2) is 9.59 Å². The van der Waals surface area contributed by atoms with Crippen LogP contribution in [-0.2, 0) is 26.2 Å². The van der Waals surface area contributed by atoms with Crippen LogP contribution in [0.1, 0.15) is 49.7 Å². The molecule has 6 N–H and O–H groups in total. The molecule has 48 heavy (non-hydrogen) atoms. The lowest BCUT2D eigenvalue weighted by molar-refractivity contribution is -0.201. The SMILES string of the molecule is O=C(O)C(O)C(O)C(=O)O.O=C1C(Oc2ccc(Cl)cc2)CCN1[C@@H]1CCC2(O)[C@H]3Cc4ccc(O)c5c4[C@@]2(CCN3CC2CC2)[C@H]1O5. The number of aliphatic carboxylic acids is 2. The molecule has 8 rings (SSSR count). The van der Waals surface area contributed by atoms with Gasteiger partial charge in [0, 0.05) is 36.1 Å². The van der Waals surface area contributed by atoms with E-state index in [0.29, 0.717) is 42.3 Å². The fourth-order valence-electron chi connectivity index (χ4n) is 8.84. The molecular weight excluding hydrogens is 648 g/mol. The van der Waals surface area contributed by atoms with Crippen molar-refractivity contribution in [2.24, 2.45) is 5.92 Å². The van der Waals surface area contributed by atoms with E-state index in [9.17, 15) is 24.6 Å². The number of likely N-dealkylation sites (tertiary alicyclic amines) is 2. The van der Waals surface area contributed by atoms with Crippen molar-refractivity contribution < 1.29 is 54.5 Å². The number of phenols is 1. The van der Waals surface area contributed by atoms with Crippen LogP contribution < -0.4 is 9.47 Å². The number of carbonyl (C=O) groups excluding carboxylic acids is 1. The van der Waals surface area contributed by atoms with Gasteiger partial charge < -0.3 is 45.0 Å². The number of aliphatic hydroxyl groups excluding tert-OH is 2. The highest BCUT2D eigenvalue weighted by Gasteiger charge is 2.74. The molecular formula is C34H39ClN2O11. The van der Waals surface area contributed by atoms with Gasteiger partial charge in [0.2, 0.25) is 0 Å². The van der Waals surface area contributed by atoms with Crippen molar-refractivity contribution in [1.82, 2.24) is 9.80 Å². The number of carboxylic acids is 2. The Morgan fingerprint density at radius 3 is 2.31 bits per heavy atom. The van der Waals surface area contributed by atoms with E-state index < -0.39 is 47.4 Å². The van der Waals surface area contributed by atoms with Crippen molar-refractivity contribution in [2.45, 2.75) is 92.5 Å². The molecule has 4 fully saturated rings. The van der Waals surface area contributed by atoms with Gasteiger partial charge in [-0.2, -0.15) is 0 Å². The first-order valence-corrected chi connectivity index (χ1v) is 16.8. The van der Waals surface area contributed by atoms with Crippen LogP contribution in [-0.4, -0.2) is 120 Å². The van der Waals surface area contributed by atoms with E-state index in [4.69, 9.17) is 41.5 Å². The van der Waals surface area contributed by atoms with Crippen molar-refractivity contribution >= 4 is 29.4 Å². The van der Waals surface area contributed by atoms with Crippen LogP contribution in [0.15, 0.2) is 36.4 Å². The van der Waals surface area contributed by atoms with Gasteiger partial charge in [-0.15, -0.1) is 0 Å². The first kappa shape index (κ1) is 32.9. The number of phenolic OH excluding ortho intramolecular Hbond substituents is 1. The summed E-state index contributed by atoms with van der Waals surface area (Å²) >= 11 is 6.01. The Kier molecular flexibility index (Phi) is 8.27.